The summed E-state index contributed by atoms with van der Waals surface area (Å²) in [5, 5.41) is 8.81. The number of amides is 2. The number of piperidine rings is 1. The van der Waals surface area contributed by atoms with Gasteiger partial charge >= 0.3 is 0 Å². The van der Waals surface area contributed by atoms with Gasteiger partial charge < -0.3 is 19.9 Å². The number of rotatable bonds is 6. The molecule has 2 amide bonds. The van der Waals surface area contributed by atoms with E-state index in [0.29, 0.717) is 19.0 Å². The molecule has 0 unspecified atom stereocenters. The molecule has 2 aliphatic rings. The number of aromatic nitrogens is 3. The van der Waals surface area contributed by atoms with Gasteiger partial charge in [0.05, 0.1) is 19.8 Å². The van der Waals surface area contributed by atoms with Crippen LogP contribution < -0.4 is 5.73 Å². The van der Waals surface area contributed by atoms with Crippen molar-refractivity contribution in [2.24, 2.45) is 12.8 Å². The largest absolute Gasteiger partial charge is 0.379 e. The molecular formula is C17H28N6O3. The number of nitrogens with two attached hydrogens (primary N) is 1. The van der Waals surface area contributed by atoms with Gasteiger partial charge in [-0.05, 0) is 12.8 Å². The van der Waals surface area contributed by atoms with E-state index in [1.807, 2.05) is 11.9 Å². The molecule has 3 heterocycles. The average molecular weight is 364 g/mol. The van der Waals surface area contributed by atoms with Crippen LogP contribution in [-0.4, -0.2) is 75.8 Å². The fraction of sp³-hybridized carbons (Fsp3) is 0.765. The first kappa shape index (κ1) is 18.8. The molecule has 9 heteroatoms. The van der Waals surface area contributed by atoms with Crippen LogP contribution in [0.4, 0.5) is 0 Å². The fourth-order valence-electron chi connectivity index (χ4n) is 3.60. The maximum atomic E-state index is 12.1. The summed E-state index contributed by atoms with van der Waals surface area (Å²) in [6.07, 6.45) is 2.05. The summed E-state index contributed by atoms with van der Waals surface area (Å²) in [7, 11) is 2.02. The molecule has 0 radical (unpaired) electrons. The Hall–Kier alpha value is -2.00. The van der Waals surface area contributed by atoms with Gasteiger partial charge in [0.1, 0.15) is 11.6 Å². The standard InChI is InChI=1S/C17H28N6O3/c1-21-15(12-22-8-10-26-11-9-22)19-20-17(21)13-4-6-23(7-5-13)16(25)3-2-14(18)24/h13H,2-12H2,1H3,(H2,18,24). The average Bonchev–Trinajstić information content (AvgIpc) is 3.01. The number of likely N-dealkylation sites (tertiary alicyclic amines) is 1. The minimum absolute atomic E-state index is 0.00761. The third kappa shape index (κ3) is 4.59. The van der Waals surface area contributed by atoms with Crippen molar-refractivity contribution >= 4 is 11.8 Å². The van der Waals surface area contributed by atoms with E-state index < -0.39 is 5.91 Å². The zero-order valence-corrected chi connectivity index (χ0v) is 15.4. The highest BCUT2D eigenvalue weighted by Gasteiger charge is 2.27. The molecule has 0 bridgehead atoms. The normalized spacial score (nSPS) is 19.7. The zero-order chi connectivity index (χ0) is 18.5. The third-order valence-corrected chi connectivity index (χ3v) is 5.27. The Morgan fingerprint density at radius 1 is 1.12 bits per heavy atom. The van der Waals surface area contributed by atoms with Crippen LogP contribution in [-0.2, 0) is 27.9 Å². The van der Waals surface area contributed by atoms with Gasteiger partial charge in [0.15, 0.2) is 0 Å². The molecule has 2 fully saturated rings. The van der Waals surface area contributed by atoms with Crippen molar-refractivity contribution in [1.82, 2.24) is 24.6 Å². The first-order valence-corrected chi connectivity index (χ1v) is 9.29. The second-order valence-corrected chi connectivity index (χ2v) is 7.04. The summed E-state index contributed by atoms with van der Waals surface area (Å²) in [5.74, 6) is 1.86. The number of ether oxygens (including phenoxy) is 1. The van der Waals surface area contributed by atoms with E-state index in [0.717, 1.165) is 57.3 Å². The number of morpholine rings is 1. The highest BCUT2D eigenvalue weighted by molar-refractivity contribution is 5.82. The lowest BCUT2D eigenvalue weighted by atomic mass is 9.95. The molecule has 0 atom stereocenters. The lowest BCUT2D eigenvalue weighted by Crippen LogP contribution is -2.38. The first-order valence-electron chi connectivity index (χ1n) is 9.29. The zero-order valence-electron chi connectivity index (χ0n) is 15.4. The van der Waals surface area contributed by atoms with Crippen molar-refractivity contribution in [3.05, 3.63) is 11.6 Å². The topological polar surface area (TPSA) is 107 Å². The van der Waals surface area contributed by atoms with Crippen LogP contribution in [0, 0.1) is 0 Å². The Bertz CT molecular complexity index is 632. The highest BCUT2D eigenvalue weighted by Crippen LogP contribution is 2.27. The lowest BCUT2D eigenvalue weighted by molar-refractivity contribution is -0.134. The van der Waals surface area contributed by atoms with Gasteiger partial charge in [-0.2, -0.15) is 0 Å². The second kappa shape index (κ2) is 8.59. The molecule has 9 nitrogen and oxygen atoms in total. The third-order valence-electron chi connectivity index (χ3n) is 5.27. The Morgan fingerprint density at radius 3 is 2.46 bits per heavy atom. The summed E-state index contributed by atoms with van der Waals surface area (Å²) in [5.41, 5.74) is 5.12. The molecule has 1 aromatic heterocycles. The van der Waals surface area contributed by atoms with E-state index in [2.05, 4.69) is 19.7 Å². The van der Waals surface area contributed by atoms with Crippen molar-refractivity contribution < 1.29 is 14.3 Å². The van der Waals surface area contributed by atoms with Crippen LogP contribution in [0.2, 0.25) is 0 Å². The molecule has 2 aliphatic heterocycles. The Kier molecular flexibility index (Phi) is 6.20. The van der Waals surface area contributed by atoms with Crippen LogP contribution in [0.5, 0.6) is 0 Å². The predicted molar refractivity (Wildman–Crippen MR) is 94.1 cm³/mol. The molecule has 144 valence electrons. The van der Waals surface area contributed by atoms with E-state index in [4.69, 9.17) is 10.5 Å². The minimum Gasteiger partial charge on any atom is -0.379 e. The summed E-state index contributed by atoms with van der Waals surface area (Å²) in [6.45, 7) is 5.56. The SMILES string of the molecule is Cn1c(CN2CCOCC2)nnc1C1CCN(C(=O)CCC(N)=O)CC1. The van der Waals surface area contributed by atoms with E-state index in [9.17, 15) is 9.59 Å². The van der Waals surface area contributed by atoms with Gasteiger partial charge in [-0.25, -0.2) is 0 Å². The molecule has 26 heavy (non-hydrogen) atoms. The highest BCUT2D eigenvalue weighted by atomic mass is 16.5. The molecule has 3 rings (SSSR count). The minimum atomic E-state index is -0.430. The Labute approximate surface area is 153 Å². The molecule has 0 spiro atoms. The van der Waals surface area contributed by atoms with E-state index in [1.54, 1.807) is 0 Å². The van der Waals surface area contributed by atoms with Crippen LogP contribution in [0.3, 0.4) is 0 Å². The van der Waals surface area contributed by atoms with Gasteiger partial charge in [0, 0.05) is 52.0 Å². The number of carbonyl (C=O) groups is 2. The maximum Gasteiger partial charge on any atom is 0.223 e. The van der Waals surface area contributed by atoms with Crippen molar-refractivity contribution in [3.8, 4) is 0 Å². The van der Waals surface area contributed by atoms with E-state index in [1.165, 1.54) is 0 Å². The van der Waals surface area contributed by atoms with Crippen LogP contribution in [0.1, 0.15) is 43.3 Å². The van der Waals surface area contributed by atoms with Crippen molar-refractivity contribution in [2.45, 2.75) is 38.1 Å². The molecular weight excluding hydrogens is 336 g/mol. The quantitative estimate of drug-likeness (QED) is 0.737. The molecule has 0 aliphatic carbocycles. The summed E-state index contributed by atoms with van der Waals surface area (Å²) in [6, 6.07) is 0. The maximum absolute atomic E-state index is 12.1. The van der Waals surface area contributed by atoms with Crippen LogP contribution in [0.25, 0.3) is 0 Å². The first-order chi connectivity index (χ1) is 12.5. The van der Waals surface area contributed by atoms with Gasteiger partial charge in [0.2, 0.25) is 11.8 Å². The summed E-state index contributed by atoms with van der Waals surface area (Å²) >= 11 is 0. The summed E-state index contributed by atoms with van der Waals surface area (Å²) in [4.78, 5) is 27.1. The van der Waals surface area contributed by atoms with Gasteiger partial charge in [-0.3, -0.25) is 14.5 Å². The summed E-state index contributed by atoms with van der Waals surface area (Å²) < 4.78 is 7.49. The second-order valence-electron chi connectivity index (χ2n) is 7.04. The van der Waals surface area contributed by atoms with Crippen molar-refractivity contribution in [2.75, 3.05) is 39.4 Å². The number of hydrogen-bond donors (Lipinski definition) is 1. The van der Waals surface area contributed by atoms with Gasteiger partial charge in [-0.1, -0.05) is 0 Å². The van der Waals surface area contributed by atoms with Gasteiger partial charge in [-0.15, -0.1) is 10.2 Å². The fourth-order valence-corrected chi connectivity index (χ4v) is 3.60. The van der Waals surface area contributed by atoms with Crippen LogP contribution in [0.15, 0.2) is 0 Å². The molecule has 2 saturated heterocycles. The van der Waals surface area contributed by atoms with Crippen molar-refractivity contribution in [1.29, 1.82) is 0 Å². The monoisotopic (exact) mass is 364 g/mol. The smallest absolute Gasteiger partial charge is 0.223 e. The van der Waals surface area contributed by atoms with E-state index >= 15 is 0 Å². The number of hydrogen-bond acceptors (Lipinski definition) is 6. The van der Waals surface area contributed by atoms with Crippen LogP contribution >= 0.6 is 0 Å². The molecule has 0 aromatic carbocycles. The lowest BCUT2D eigenvalue weighted by Gasteiger charge is -2.31. The Morgan fingerprint density at radius 2 is 1.81 bits per heavy atom. The van der Waals surface area contributed by atoms with Gasteiger partial charge in [0.25, 0.3) is 0 Å². The number of nitrogens with zero attached hydrogens (tertiary/aromatic N) is 5. The van der Waals surface area contributed by atoms with E-state index in [-0.39, 0.29) is 18.7 Å². The van der Waals surface area contributed by atoms with Crippen molar-refractivity contribution in [3.63, 3.8) is 0 Å². The molecule has 2 N–H and O–H groups in total. The number of carbonyl (C=O) groups excluding carboxylic acids is 2. The molecule has 0 saturated carbocycles. The molecule has 1 aromatic rings. The predicted octanol–water partition coefficient (Wildman–Crippen LogP) is -0.381. The number of primary amides is 1. The Balaban J connectivity index is 1.53.